The van der Waals surface area contributed by atoms with Gasteiger partial charge in [-0.25, -0.2) is 9.67 Å². The summed E-state index contributed by atoms with van der Waals surface area (Å²) < 4.78 is 1.86. The molecule has 4 nitrogen and oxygen atoms in total. The van der Waals surface area contributed by atoms with Crippen molar-refractivity contribution >= 4 is 0 Å². The predicted molar refractivity (Wildman–Crippen MR) is 63.3 cm³/mol. The lowest BCUT2D eigenvalue weighted by Crippen LogP contribution is -2.07. The maximum atomic E-state index is 5.79. The summed E-state index contributed by atoms with van der Waals surface area (Å²) in [4.78, 5) is 4.43. The van der Waals surface area contributed by atoms with Gasteiger partial charge >= 0.3 is 0 Å². The van der Waals surface area contributed by atoms with E-state index < -0.39 is 0 Å². The van der Waals surface area contributed by atoms with Crippen LogP contribution in [-0.2, 0) is 6.42 Å². The molecule has 0 aliphatic heterocycles. The third-order valence-electron chi connectivity index (χ3n) is 2.41. The largest absolute Gasteiger partial charge is 0.321 e. The second-order valence-electron chi connectivity index (χ2n) is 3.78. The van der Waals surface area contributed by atoms with Gasteiger partial charge in [-0.15, -0.1) is 5.10 Å². The second-order valence-corrected chi connectivity index (χ2v) is 3.78. The number of nitrogens with zero attached hydrogens (tertiary/aromatic N) is 3. The number of para-hydroxylation sites is 1. The summed E-state index contributed by atoms with van der Waals surface area (Å²) in [6, 6.07) is 9.86. The van der Waals surface area contributed by atoms with Gasteiger partial charge in [-0.2, -0.15) is 0 Å². The average Bonchev–Trinajstić information content (AvgIpc) is 2.74. The minimum absolute atomic E-state index is 0.129. The highest BCUT2D eigenvalue weighted by Crippen LogP contribution is 2.12. The first-order valence-electron chi connectivity index (χ1n) is 5.49. The second kappa shape index (κ2) is 4.45. The minimum atomic E-state index is -0.129. The SMILES string of the molecule is CCc1nc(C(C)N)nn1-c1ccccc1. The highest BCUT2D eigenvalue weighted by atomic mass is 15.4. The van der Waals surface area contributed by atoms with Crippen LogP contribution in [0.25, 0.3) is 5.69 Å². The molecule has 0 saturated heterocycles. The zero-order chi connectivity index (χ0) is 11.5. The number of rotatable bonds is 3. The van der Waals surface area contributed by atoms with Gasteiger partial charge in [-0.05, 0) is 19.1 Å². The summed E-state index contributed by atoms with van der Waals surface area (Å²) in [6.07, 6.45) is 0.842. The predicted octanol–water partition coefficient (Wildman–Crippen LogP) is 1.85. The standard InChI is InChI=1S/C12H16N4/c1-3-11-14-12(9(2)13)15-16(11)10-7-5-4-6-8-10/h4-9H,3,13H2,1-2H3. The molecule has 1 aromatic heterocycles. The van der Waals surface area contributed by atoms with E-state index in [1.54, 1.807) is 0 Å². The van der Waals surface area contributed by atoms with Gasteiger partial charge in [0, 0.05) is 6.42 Å². The molecule has 1 heterocycles. The van der Waals surface area contributed by atoms with Crippen LogP contribution in [0, 0.1) is 0 Å². The fraction of sp³-hybridized carbons (Fsp3) is 0.333. The van der Waals surface area contributed by atoms with E-state index in [1.807, 2.05) is 41.9 Å². The molecule has 0 spiro atoms. The molecule has 0 radical (unpaired) electrons. The van der Waals surface area contributed by atoms with Gasteiger partial charge in [0.2, 0.25) is 0 Å². The van der Waals surface area contributed by atoms with Crippen molar-refractivity contribution in [2.45, 2.75) is 26.3 Å². The van der Waals surface area contributed by atoms with Crippen LogP contribution in [0.2, 0.25) is 0 Å². The number of nitrogens with two attached hydrogens (primary N) is 1. The number of hydrogen-bond acceptors (Lipinski definition) is 3. The Balaban J connectivity index is 2.48. The van der Waals surface area contributed by atoms with Gasteiger partial charge < -0.3 is 5.73 Å². The van der Waals surface area contributed by atoms with Crippen LogP contribution in [-0.4, -0.2) is 14.8 Å². The minimum Gasteiger partial charge on any atom is -0.321 e. The Morgan fingerprint density at radius 1 is 1.31 bits per heavy atom. The van der Waals surface area contributed by atoms with Crippen LogP contribution in [0.1, 0.15) is 31.5 Å². The lowest BCUT2D eigenvalue weighted by Gasteiger charge is -2.03. The molecule has 0 aliphatic rings. The summed E-state index contributed by atoms with van der Waals surface area (Å²) in [6.45, 7) is 3.96. The zero-order valence-electron chi connectivity index (χ0n) is 9.59. The molecule has 1 atom stereocenters. The molecule has 1 aromatic carbocycles. The highest BCUT2D eigenvalue weighted by molar-refractivity contribution is 5.31. The first-order valence-corrected chi connectivity index (χ1v) is 5.49. The number of aryl methyl sites for hydroxylation is 1. The van der Waals surface area contributed by atoms with Gasteiger partial charge in [0.25, 0.3) is 0 Å². The first-order chi connectivity index (χ1) is 7.72. The summed E-state index contributed by atoms with van der Waals surface area (Å²) in [7, 11) is 0. The van der Waals surface area contributed by atoms with E-state index in [1.165, 1.54) is 0 Å². The number of hydrogen-bond donors (Lipinski definition) is 1. The molecule has 4 heteroatoms. The molecule has 1 unspecified atom stereocenters. The Morgan fingerprint density at radius 2 is 2.00 bits per heavy atom. The molecule has 0 amide bonds. The van der Waals surface area contributed by atoms with Gasteiger partial charge in [0.1, 0.15) is 5.82 Å². The molecule has 0 fully saturated rings. The van der Waals surface area contributed by atoms with E-state index in [0.717, 1.165) is 17.9 Å². The van der Waals surface area contributed by atoms with E-state index in [4.69, 9.17) is 5.73 Å². The summed E-state index contributed by atoms with van der Waals surface area (Å²) in [5, 5.41) is 4.43. The van der Waals surface area contributed by atoms with Gasteiger partial charge in [0.05, 0.1) is 11.7 Å². The van der Waals surface area contributed by atoms with Crippen molar-refractivity contribution in [3.8, 4) is 5.69 Å². The Labute approximate surface area is 95.1 Å². The molecule has 2 N–H and O–H groups in total. The summed E-state index contributed by atoms with van der Waals surface area (Å²) in [5.41, 5.74) is 6.82. The molecule has 16 heavy (non-hydrogen) atoms. The molecule has 84 valence electrons. The van der Waals surface area contributed by atoms with E-state index in [0.29, 0.717) is 5.82 Å². The van der Waals surface area contributed by atoms with Crippen LogP contribution in [0.3, 0.4) is 0 Å². The van der Waals surface area contributed by atoms with E-state index in [9.17, 15) is 0 Å². The van der Waals surface area contributed by atoms with Crippen molar-refractivity contribution in [3.05, 3.63) is 42.0 Å². The Bertz CT molecular complexity index is 459. The maximum Gasteiger partial charge on any atom is 0.167 e. The molecular weight excluding hydrogens is 200 g/mol. The lowest BCUT2D eigenvalue weighted by molar-refractivity contribution is 0.723. The van der Waals surface area contributed by atoms with Crippen LogP contribution >= 0.6 is 0 Å². The Hall–Kier alpha value is -1.68. The monoisotopic (exact) mass is 216 g/mol. The highest BCUT2D eigenvalue weighted by Gasteiger charge is 2.12. The number of benzene rings is 1. The zero-order valence-corrected chi connectivity index (χ0v) is 9.59. The third kappa shape index (κ3) is 1.97. The first kappa shape index (κ1) is 10.8. The van der Waals surface area contributed by atoms with Crippen molar-refractivity contribution in [2.75, 3.05) is 0 Å². The normalized spacial score (nSPS) is 12.7. The number of aromatic nitrogens is 3. The van der Waals surface area contributed by atoms with Crippen molar-refractivity contribution < 1.29 is 0 Å². The topological polar surface area (TPSA) is 56.7 Å². The van der Waals surface area contributed by atoms with Crippen molar-refractivity contribution in [1.29, 1.82) is 0 Å². The maximum absolute atomic E-state index is 5.79. The van der Waals surface area contributed by atoms with Gasteiger partial charge in [-0.1, -0.05) is 25.1 Å². The molecule has 2 aromatic rings. The quantitative estimate of drug-likeness (QED) is 0.851. The van der Waals surface area contributed by atoms with Crippen molar-refractivity contribution in [3.63, 3.8) is 0 Å². The summed E-state index contributed by atoms with van der Waals surface area (Å²) in [5.74, 6) is 1.64. The van der Waals surface area contributed by atoms with Crippen LogP contribution in [0.4, 0.5) is 0 Å². The Kier molecular flexibility index (Phi) is 3.01. The third-order valence-corrected chi connectivity index (χ3v) is 2.41. The van der Waals surface area contributed by atoms with E-state index >= 15 is 0 Å². The van der Waals surface area contributed by atoms with Crippen LogP contribution < -0.4 is 5.73 Å². The Morgan fingerprint density at radius 3 is 2.56 bits per heavy atom. The molecule has 0 bridgehead atoms. The van der Waals surface area contributed by atoms with Crippen LogP contribution in [0.5, 0.6) is 0 Å². The van der Waals surface area contributed by atoms with Gasteiger partial charge in [0.15, 0.2) is 5.82 Å². The molecule has 0 saturated carbocycles. The average molecular weight is 216 g/mol. The molecule has 2 rings (SSSR count). The fourth-order valence-corrected chi connectivity index (χ4v) is 1.56. The van der Waals surface area contributed by atoms with Crippen molar-refractivity contribution in [1.82, 2.24) is 14.8 Å². The van der Waals surface area contributed by atoms with Crippen molar-refractivity contribution in [2.24, 2.45) is 5.73 Å². The molecule has 0 aliphatic carbocycles. The smallest absolute Gasteiger partial charge is 0.167 e. The fourth-order valence-electron chi connectivity index (χ4n) is 1.56. The summed E-state index contributed by atoms with van der Waals surface area (Å²) >= 11 is 0. The van der Waals surface area contributed by atoms with Crippen LogP contribution in [0.15, 0.2) is 30.3 Å². The molecular formula is C12H16N4. The van der Waals surface area contributed by atoms with E-state index in [-0.39, 0.29) is 6.04 Å². The lowest BCUT2D eigenvalue weighted by atomic mass is 10.3. The van der Waals surface area contributed by atoms with E-state index in [2.05, 4.69) is 17.0 Å². The van der Waals surface area contributed by atoms with Gasteiger partial charge in [-0.3, -0.25) is 0 Å².